The van der Waals surface area contributed by atoms with Gasteiger partial charge >= 0.3 is 0 Å². The molecule has 84 valence electrons. The average molecular weight is 226 g/mol. The molecule has 0 saturated carbocycles. The van der Waals surface area contributed by atoms with E-state index in [1.807, 2.05) is 12.1 Å². The SMILES string of the molecule is CCNC(C)CC(C)c1ccccc1Cl. The third kappa shape index (κ3) is 3.84. The van der Waals surface area contributed by atoms with E-state index in [0.717, 1.165) is 18.0 Å². The third-order valence-corrected chi connectivity index (χ3v) is 3.04. The van der Waals surface area contributed by atoms with Crippen LogP contribution in [0.4, 0.5) is 0 Å². The topological polar surface area (TPSA) is 12.0 Å². The molecule has 0 aromatic heterocycles. The summed E-state index contributed by atoms with van der Waals surface area (Å²) in [5.41, 5.74) is 1.25. The Hall–Kier alpha value is -0.530. The van der Waals surface area contributed by atoms with Crippen molar-refractivity contribution >= 4 is 11.6 Å². The summed E-state index contributed by atoms with van der Waals surface area (Å²) in [5.74, 6) is 0.507. The lowest BCUT2D eigenvalue weighted by Crippen LogP contribution is -2.26. The molecule has 15 heavy (non-hydrogen) atoms. The van der Waals surface area contributed by atoms with Gasteiger partial charge in [-0.1, -0.05) is 43.6 Å². The second-order valence-electron chi connectivity index (χ2n) is 4.12. The first kappa shape index (κ1) is 12.5. The highest BCUT2D eigenvalue weighted by atomic mass is 35.5. The fraction of sp³-hybridized carbons (Fsp3) is 0.538. The van der Waals surface area contributed by atoms with Gasteiger partial charge in [0.2, 0.25) is 0 Å². The van der Waals surface area contributed by atoms with Crippen molar-refractivity contribution in [1.29, 1.82) is 0 Å². The normalized spacial score (nSPS) is 14.9. The molecule has 0 heterocycles. The minimum atomic E-state index is 0.507. The van der Waals surface area contributed by atoms with Gasteiger partial charge in [-0.15, -0.1) is 0 Å². The lowest BCUT2D eigenvalue weighted by atomic mass is 9.94. The number of hydrogen-bond acceptors (Lipinski definition) is 1. The van der Waals surface area contributed by atoms with Crippen molar-refractivity contribution in [3.05, 3.63) is 34.9 Å². The highest BCUT2D eigenvalue weighted by Gasteiger charge is 2.12. The van der Waals surface area contributed by atoms with Gasteiger partial charge in [0.1, 0.15) is 0 Å². The van der Waals surface area contributed by atoms with Gasteiger partial charge in [0.15, 0.2) is 0 Å². The quantitative estimate of drug-likeness (QED) is 0.803. The van der Waals surface area contributed by atoms with Gasteiger partial charge in [0.25, 0.3) is 0 Å². The maximum atomic E-state index is 6.16. The highest BCUT2D eigenvalue weighted by Crippen LogP contribution is 2.27. The van der Waals surface area contributed by atoms with E-state index in [1.54, 1.807) is 0 Å². The van der Waals surface area contributed by atoms with E-state index < -0.39 is 0 Å². The van der Waals surface area contributed by atoms with E-state index in [-0.39, 0.29) is 0 Å². The fourth-order valence-corrected chi connectivity index (χ4v) is 2.29. The van der Waals surface area contributed by atoms with Crippen molar-refractivity contribution in [2.45, 2.75) is 39.2 Å². The van der Waals surface area contributed by atoms with E-state index in [1.165, 1.54) is 5.56 Å². The summed E-state index contributed by atoms with van der Waals surface area (Å²) in [6.07, 6.45) is 1.12. The van der Waals surface area contributed by atoms with Crippen molar-refractivity contribution in [2.75, 3.05) is 6.54 Å². The number of hydrogen-bond donors (Lipinski definition) is 1. The lowest BCUT2D eigenvalue weighted by molar-refractivity contribution is 0.491. The van der Waals surface area contributed by atoms with Crippen LogP contribution < -0.4 is 5.32 Å². The van der Waals surface area contributed by atoms with Gasteiger partial charge in [0, 0.05) is 11.1 Å². The van der Waals surface area contributed by atoms with Crippen LogP contribution in [0.25, 0.3) is 0 Å². The van der Waals surface area contributed by atoms with Gasteiger partial charge in [-0.3, -0.25) is 0 Å². The molecule has 0 aliphatic rings. The molecule has 0 spiro atoms. The first-order chi connectivity index (χ1) is 7.15. The van der Waals surface area contributed by atoms with E-state index >= 15 is 0 Å². The van der Waals surface area contributed by atoms with E-state index in [0.29, 0.717) is 12.0 Å². The molecule has 0 fully saturated rings. The van der Waals surface area contributed by atoms with Crippen LogP contribution in [0.15, 0.2) is 24.3 Å². The average Bonchev–Trinajstić information content (AvgIpc) is 2.18. The standard InChI is InChI=1S/C13H20ClN/c1-4-15-11(3)9-10(2)12-7-5-6-8-13(12)14/h5-8,10-11,15H,4,9H2,1-3H3. The molecule has 0 saturated heterocycles. The maximum absolute atomic E-state index is 6.16. The Balaban J connectivity index is 2.61. The van der Waals surface area contributed by atoms with Crippen LogP contribution in [-0.2, 0) is 0 Å². The molecule has 0 aliphatic heterocycles. The Bertz CT molecular complexity index is 298. The third-order valence-electron chi connectivity index (χ3n) is 2.70. The van der Waals surface area contributed by atoms with Crippen molar-refractivity contribution in [3.8, 4) is 0 Å². The smallest absolute Gasteiger partial charge is 0.0440 e. The number of benzene rings is 1. The first-order valence-corrected chi connectivity index (χ1v) is 6.00. The monoisotopic (exact) mass is 225 g/mol. The summed E-state index contributed by atoms with van der Waals surface area (Å²) in [6, 6.07) is 8.65. The molecular weight excluding hydrogens is 206 g/mol. The summed E-state index contributed by atoms with van der Waals surface area (Å²) in [4.78, 5) is 0. The Labute approximate surface area is 97.8 Å². The molecule has 0 amide bonds. The highest BCUT2D eigenvalue weighted by molar-refractivity contribution is 6.31. The molecule has 1 aromatic rings. The van der Waals surface area contributed by atoms with Crippen molar-refractivity contribution < 1.29 is 0 Å². The zero-order valence-corrected chi connectivity index (χ0v) is 10.5. The van der Waals surface area contributed by atoms with E-state index in [2.05, 4.69) is 38.2 Å². The van der Waals surface area contributed by atoms with Crippen molar-refractivity contribution in [1.82, 2.24) is 5.32 Å². The van der Waals surface area contributed by atoms with Gasteiger partial charge < -0.3 is 5.32 Å². The largest absolute Gasteiger partial charge is 0.315 e. The number of rotatable bonds is 5. The van der Waals surface area contributed by atoms with Crippen LogP contribution in [0.3, 0.4) is 0 Å². The lowest BCUT2D eigenvalue weighted by Gasteiger charge is -2.19. The van der Waals surface area contributed by atoms with Gasteiger partial charge in [-0.25, -0.2) is 0 Å². The minimum absolute atomic E-state index is 0.507. The predicted molar refractivity (Wildman–Crippen MR) is 67.6 cm³/mol. The van der Waals surface area contributed by atoms with Crippen LogP contribution in [0.2, 0.25) is 5.02 Å². The van der Waals surface area contributed by atoms with E-state index in [4.69, 9.17) is 11.6 Å². The summed E-state index contributed by atoms with van der Waals surface area (Å²) in [7, 11) is 0. The fourth-order valence-electron chi connectivity index (χ4n) is 1.96. The summed E-state index contributed by atoms with van der Waals surface area (Å²) in [5, 5.41) is 4.31. The zero-order valence-electron chi connectivity index (χ0n) is 9.76. The predicted octanol–water partition coefficient (Wildman–Crippen LogP) is 3.83. The van der Waals surface area contributed by atoms with Gasteiger partial charge in [-0.2, -0.15) is 0 Å². The molecule has 2 unspecified atom stereocenters. The van der Waals surface area contributed by atoms with Gasteiger partial charge in [0.05, 0.1) is 0 Å². The molecule has 2 atom stereocenters. The Morgan fingerprint density at radius 3 is 2.53 bits per heavy atom. The molecule has 0 bridgehead atoms. The molecular formula is C13H20ClN. The molecule has 1 nitrogen and oxygen atoms in total. The second kappa shape index (κ2) is 6.14. The Morgan fingerprint density at radius 1 is 1.27 bits per heavy atom. The zero-order chi connectivity index (χ0) is 11.3. The summed E-state index contributed by atoms with van der Waals surface area (Å²) < 4.78 is 0. The van der Waals surface area contributed by atoms with Crippen molar-refractivity contribution in [3.63, 3.8) is 0 Å². The van der Waals surface area contributed by atoms with Crippen LogP contribution in [0, 0.1) is 0 Å². The molecule has 1 N–H and O–H groups in total. The Kier molecular flexibility index (Phi) is 5.13. The van der Waals surface area contributed by atoms with Crippen LogP contribution >= 0.6 is 11.6 Å². The van der Waals surface area contributed by atoms with Crippen LogP contribution in [0.5, 0.6) is 0 Å². The number of halogens is 1. The van der Waals surface area contributed by atoms with Crippen molar-refractivity contribution in [2.24, 2.45) is 0 Å². The molecule has 1 rings (SSSR count). The first-order valence-electron chi connectivity index (χ1n) is 5.63. The Morgan fingerprint density at radius 2 is 1.93 bits per heavy atom. The van der Waals surface area contributed by atoms with Gasteiger partial charge in [-0.05, 0) is 37.4 Å². The minimum Gasteiger partial charge on any atom is -0.315 e. The molecule has 1 aromatic carbocycles. The van der Waals surface area contributed by atoms with Crippen LogP contribution in [-0.4, -0.2) is 12.6 Å². The van der Waals surface area contributed by atoms with Crippen LogP contribution in [0.1, 0.15) is 38.7 Å². The number of nitrogens with one attached hydrogen (secondary N) is 1. The second-order valence-corrected chi connectivity index (χ2v) is 4.52. The molecule has 0 aliphatic carbocycles. The molecule has 0 radical (unpaired) electrons. The summed E-state index contributed by atoms with van der Waals surface area (Å²) in [6.45, 7) is 7.61. The maximum Gasteiger partial charge on any atom is 0.0440 e. The molecule has 2 heteroatoms. The van der Waals surface area contributed by atoms with E-state index in [9.17, 15) is 0 Å². The summed E-state index contributed by atoms with van der Waals surface area (Å²) >= 11 is 6.16.